The summed E-state index contributed by atoms with van der Waals surface area (Å²) in [5, 5.41) is 16.0. The third-order valence-corrected chi connectivity index (χ3v) is 7.42. The molecular formula is C26H24Cl2N8O2S. The van der Waals surface area contributed by atoms with Crippen molar-refractivity contribution in [3.63, 3.8) is 0 Å². The van der Waals surface area contributed by atoms with Crippen LogP contribution < -0.4 is 5.32 Å². The first-order valence-electron chi connectivity index (χ1n) is 12.3. The zero-order valence-electron chi connectivity index (χ0n) is 21.0. The molecule has 3 heterocycles. The molecular weight excluding hydrogens is 559 g/mol. The van der Waals surface area contributed by atoms with E-state index in [2.05, 4.69) is 20.8 Å². The summed E-state index contributed by atoms with van der Waals surface area (Å²) in [5.74, 6) is -0.648. The number of tetrazole rings is 1. The topological polar surface area (TPSA) is 119 Å². The van der Waals surface area contributed by atoms with Crippen molar-refractivity contribution >= 4 is 46.9 Å². The number of aromatic nitrogens is 6. The summed E-state index contributed by atoms with van der Waals surface area (Å²) in [6.45, 7) is 1.27. The largest absolute Gasteiger partial charge is 0.324 e. The SMILES string of the molecule is CSc1nnnn1Cc1nc(-c2ccc(Cl)cc2)c(-c2ccc(Cl)cc2)nc1C(=O)NC(=O)N1CCCCC1. The first-order valence-corrected chi connectivity index (χ1v) is 14.2. The van der Waals surface area contributed by atoms with E-state index in [1.807, 2.05) is 18.4 Å². The predicted octanol–water partition coefficient (Wildman–Crippen LogP) is 5.21. The van der Waals surface area contributed by atoms with E-state index in [-0.39, 0.29) is 12.2 Å². The molecule has 200 valence electrons. The van der Waals surface area contributed by atoms with Gasteiger partial charge < -0.3 is 4.90 Å². The number of thioether (sulfide) groups is 1. The molecule has 3 amide bonds. The average Bonchev–Trinajstić information content (AvgIpc) is 3.41. The number of nitrogens with zero attached hydrogens (tertiary/aromatic N) is 7. The quantitative estimate of drug-likeness (QED) is 0.308. The summed E-state index contributed by atoms with van der Waals surface area (Å²) in [7, 11) is 0. The normalized spacial score (nSPS) is 13.4. The van der Waals surface area contributed by atoms with Crippen molar-refractivity contribution < 1.29 is 9.59 Å². The van der Waals surface area contributed by atoms with Gasteiger partial charge in [-0.1, -0.05) is 59.2 Å². The molecule has 5 rings (SSSR count). The van der Waals surface area contributed by atoms with Crippen molar-refractivity contribution in [3.8, 4) is 22.5 Å². The second kappa shape index (κ2) is 12.1. The van der Waals surface area contributed by atoms with Crippen LogP contribution in [0.25, 0.3) is 22.5 Å². The van der Waals surface area contributed by atoms with Gasteiger partial charge in [0.2, 0.25) is 5.16 Å². The molecule has 1 aliphatic rings. The molecule has 0 saturated carbocycles. The smallest absolute Gasteiger partial charge is 0.324 e. The van der Waals surface area contributed by atoms with Crippen LogP contribution in [0.2, 0.25) is 10.0 Å². The number of likely N-dealkylation sites (tertiary alicyclic amines) is 1. The maximum Gasteiger partial charge on any atom is 0.324 e. The maximum absolute atomic E-state index is 13.6. The van der Waals surface area contributed by atoms with Crippen molar-refractivity contribution in [2.45, 2.75) is 31.0 Å². The molecule has 2 aromatic carbocycles. The summed E-state index contributed by atoms with van der Waals surface area (Å²) >= 11 is 13.6. The second-order valence-electron chi connectivity index (χ2n) is 8.86. The van der Waals surface area contributed by atoms with E-state index >= 15 is 0 Å². The summed E-state index contributed by atoms with van der Waals surface area (Å²) in [6, 6.07) is 13.8. The third-order valence-electron chi connectivity index (χ3n) is 6.26. The Labute approximate surface area is 239 Å². The van der Waals surface area contributed by atoms with Gasteiger partial charge in [0.25, 0.3) is 5.91 Å². The van der Waals surface area contributed by atoms with Crippen molar-refractivity contribution in [1.82, 2.24) is 40.4 Å². The van der Waals surface area contributed by atoms with Gasteiger partial charge in [-0.15, -0.1) is 5.10 Å². The van der Waals surface area contributed by atoms with Gasteiger partial charge in [-0.25, -0.2) is 19.4 Å². The van der Waals surface area contributed by atoms with Crippen LogP contribution in [0.5, 0.6) is 0 Å². The van der Waals surface area contributed by atoms with Gasteiger partial charge in [-0.3, -0.25) is 10.1 Å². The Hall–Kier alpha value is -3.54. The highest BCUT2D eigenvalue weighted by atomic mass is 35.5. The Kier molecular flexibility index (Phi) is 8.39. The van der Waals surface area contributed by atoms with Crippen molar-refractivity contribution in [2.75, 3.05) is 19.3 Å². The van der Waals surface area contributed by atoms with E-state index in [1.165, 1.54) is 16.4 Å². The molecule has 0 bridgehead atoms. The Morgan fingerprint density at radius 3 is 2.08 bits per heavy atom. The van der Waals surface area contributed by atoms with Crippen LogP contribution in [-0.2, 0) is 6.54 Å². The molecule has 13 heteroatoms. The van der Waals surface area contributed by atoms with Gasteiger partial charge in [0, 0.05) is 34.3 Å². The minimum atomic E-state index is -0.648. The molecule has 1 saturated heterocycles. The summed E-state index contributed by atoms with van der Waals surface area (Å²) < 4.78 is 1.53. The Morgan fingerprint density at radius 2 is 1.49 bits per heavy atom. The van der Waals surface area contributed by atoms with Crippen molar-refractivity contribution in [1.29, 1.82) is 0 Å². The lowest BCUT2D eigenvalue weighted by Crippen LogP contribution is -2.45. The molecule has 4 aromatic rings. The highest BCUT2D eigenvalue weighted by molar-refractivity contribution is 7.98. The average molecular weight is 584 g/mol. The zero-order chi connectivity index (χ0) is 27.4. The number of carbonyl (C=O) groups is 2. The fourth-order valence-corrected chi connectivity index (χ4v) is 4.98. The van der Waals surface area contributed by atoms with Crippen LogP contribution in [0.3, 0.4) is 0 Å². The number of urea groups is 1. The Bertz CT molecular complexity index is 1490. The summed E-state index contributed by atoms with van der Waals surface area (Å²) in [5.41, 5.74) is 2.75. The van der Waals surface area contributed by atoms with E-state index < -0.39 is 11.9 Å². The lowest BCUT2D eigenvalue weighted by atomic mass is 10.0. The fourth-order valence-electron chi connectivity index (χ4n) is 4.30. The minimum absolute atomic E-state index is 0.00516. The number of benzene rings is 2. The molecule has 0 spiro atoms. The molecule has 10 nitrogen and oxygen atoms in total. The monoisotopic (exact) mass is 582 g/mol. The molecule has 2 aromatic heterocycles. The summed E-state index contributed by atoms with van der Waals surface area (Å²) in [4.78, 5) is 37.8. The van der Waals surface area contributed by atoms with Gasteiger partial charge >= 0.3 is 6.03 Å². The molecule has 0 aliphatic carbocycles. The maximum atomic E-state index is 13.6. The molecule has 0 unspecified atom stereocenters. The van der Waals surface area contributed by atoms with Crippen LogP contribution >= 0.6 is 35.0 Å². The van der Waals surface area contributed by atoms with E-state index in [9.17, 15) is 9.59 Å². The first kappa shape index (κ1) is 27.0. The van der Waals surface area contributed by atoms with Crippen molar-refractivity contribution in [2.24, 2.45) is 0 Å². The van der Waals surface area contributed by atoms with Gasteiger partial charge in [-0.2, -0.15) is 0 Å². The molecule has 0 radical (unpaired) electrons. The van der Waals surface area contributed by atoms with Crippen molar-refractivity contribution in [3.05, 3.63) is 70.0 Å². The second-order valence-corrected chi connectivity index (χ2v) is 10.5. The highest BCUT2D eigenvalue weighted by Crippen LogP contribution is 2.32. The van der Waals surface area contributed by atoms with Gasteiger partial charge in [-0.05, 0) is 60.2 Å². The number of nitrogens with one attached hydrogen (secondary N) is 1. The highest BCUT2D eigenvalue weighted by Gasteiger charge is 2.26. The van der Waals surface area contributed by atoms with E-state index in [0.29, 0.717) is 50.9 Å². The minimum Gasteiger partial charge on any atom is -0.324 e. The van der Waals surface area contributed by atoms with Gasteiger partial charge in [0.1, 0.15) is 0 Å². The number of imide groups is 1. The molecule has 0 atom stereocenters. The zero-order valence-corrected chi connectivity index (χ0v) is 23.3. The van der Waals surface area contributed by atoms with E-state index in [4.69, 9.17) is 33.2 Å². The van der Waals surface area contributed by atoms with Crippen LogP contribution in [0, 0.1) is 0 Å². The van der Waals surface area contributed by atoms with Gasteiger partial charge in [0.05, 0.1) is 23.6 Å². The predicted molar refractivity (Wildman–Crippen MR) is 150 cm³/mol. The lowest BCUT2D eigenvalue weighted by molar-refractivity contribution is 0.0942. The number of hydrogen-bond acceptors (Lipinski definition) is 8. The fraction of sp³-hybridized carbons (Fsp3) is 0.269. The Morgan fingerprint density at radius 1 is 0.897 bits per heavy atom. The number of halogens is 2. The summed E-state index contributed by atoms with van der Waals surface area (Å²) in [6.07, 6.45) is 4.72. The molecule has 1 aliphatic heterocycles. The first-order chi connectivity index (χ1) is 18.9. The standard InChI is InChI=1S/C26H24Cl2N8O2S/c1-39-26-32-33-34-36(26)15-20-23(24(37)31-25(38)35-13-3-2-4-14-35)30-22(17-7-11-19(28)12-8-17)21(29-20)16-5-9-18(27)10-6-16/h5-12H,2-4,13-15H2,1H3,(H,31,37,38). The van der Waals surface area contributed by atoms with Crippen LogP contribution in [0.15, 0.2) is 53.7 Å². The molecule has 1 fully saturated rings. The van der Waals surface area contributed by atoms with E-state index in [1.54, 1.807) is 41.3 Å². The number of rotatable bonds is 6. The van der Waals surface area contributed by atoms with Crippen LogP contribution in [-0.4, -0.2) is 66.4 Å². The molecule has 1 N–H and O–H groups in total. The Balaban J connectivity index is 1.63. The molecule has 39 heavy (non-hydrogen) atoms. The van der Waals surface area contributed by atoms with Crippen LogP contribution in [0.4, 0.5) is 4.79 Å². The number of piperidine rings is 1. The van der Waals surface area contributed by atoms with E-state index in [0.717, 1.165) is 24.8 Å². The number of hydrogen-bond donors (Lipinski definition) is 1. The number of carbonyl (C=O) groups excluding carboxylic acids is 2. The number of amides is 3. The third kappa shape index (κ3) is 6.21. The van der Waals surface area contributed by atoms with Gasteiger partial charge in [0.15, 0.2) is 5.69 Å². The lowest BCUT2D eigenvalue weighted by Gasteiger charge is -2.26. The van der Waals surface area contributed by atoms with Crippen LogP contribution in [0.1, 0.15) is 35.4 Å².